The van der Waals surface area contributed by atoms with Gasteiger partial charge in [0.1, 0.15) is 11.4 Å². The number of benzene rings is 1. The van der Waals surface area contributed by atoms with E-state index in [0.29, 0.717) is 6.42 Å². The van der Waals surface area contributed by atoms with Gasteiger partial charge in [-0.25, -0.2) is 4.39 Å². The van der Waals surface area contributed by atoms with Crippen molar-refractivity contribution < 1.29 is 14.3 Å². The van der Waals surface area contributed by atoms with Gasteiger partial charge in [0, 0.05) is 4.90 Å². The molecule has 0 aliphatic rings. The second-order valence-corrected chi connectivity index (χ2v) is 5.65. The number of thioether (sulfide) groups is 1. The van der Waals surface area contributed by atoms with E-state index in [1.807, 2.05) is 0 Å². The minimum atomic E-state index is -1.14. The zero-order chi connectivity index (χ0) is 13.6. The van der Waals surface area contributed by atoms with Gasteiger partial charge in [-0.3, -0.25) is 4.79 Å². The van der Waals surface area contributed by atoms with Crippen molar-refractivity contribution in [2.24, 2.45) is 5.73 Å². The number of carboxylic acids is 1. The topological polar surface area (TPSA) is 63.3 Å². The minimum absolute atomic E-state index is 0.236. The van der Waals surface area contributed by atoms with Gasteiger partial charge in [0.25, 0.3) is 0 Å². The first-order valence-corrected chi connectivity index (χ1v) is 6.81. The van der Waals surface area contributed by atoms with Crippen molar-refractivity contribution in [3.8, 4) is 0 Å². The molecule has 100 valence electrons. The normalized spacial score (nSPS) is 14.2. The van der Waals surface area contributed by atoms with E-state index in [1.165, 1.54) is 19.1 Å². The molecular formula is C13H18FNO2S. The Bertz CT molecular complexity index is 392. The lowest BCUT2D eigenvalue weighted by molar-refractivity contribution is -0.142. The largest absolute Gasteiger partial charge is 0.480 e. The Hall–Kier alpha value is -1.07. The number of rotatable bonds is 7. The van der Waals surface area contributed by atoms with Crippen LogP contribution < -0.4 is 5.73 Å². The van der Waals surface area contributed by atoms with Crippen molar-refractivity contribution in [1.82, 2.24) is 0 Å². The molecule has 1 unspecified atom stereocenters. The molecule has 0 aliphatic carbocycles. The molecule has 0 aromatic heterocycles. The predicted molar refractivity (Wildman–Crippen MR) is 71.2 cm³/mol. The minimum Gasteiger partial charge on any atom is -0.480 e. The maximum Gasteiger partial charge on any atom is 0.323 e. The summed E-state index contributed by atoms with van der Waals surface area (Å²) in [4.78, 5) is 11.8. The summed E-state index contributed by atoms with van der Waals surface area (Å²) in [5.74, 6) is -0.324. The highest BCUT2D eigenvalue weighted by atomic mass is 32.2. The highest BCUT2D eigenvalue weighted by molar-refractivity contribution is 7.99. The number of nitrogens with two attached hydrogens (primary N) is 1. The molecule has 3 N–H and O–H groups in total. The van der Waals surface area contributed by atoms with Crippen molar-refractivity contribution in [2.75, 3.05) is 5.75 Å². The summed E-state index contributed by atoms with van der Waals surface area (Å²) >= 11 is 1.63. The van der Waals surface area contributed by atoms with Gasteiger partial charge >= 0.3 is 5.97 Å². The van der Waals surface area contributed by atoms with E-state index in [0.717, 1.165) is 23.5 Å². The van der Waals surface area contributed by atoms with Gasteiger partial charge < -0.3 is 10.8 Å². The summed E-state index contributed by atoms with van der Waals surface area (Å²) in [6.45, 7) is 1.53. The third kappa shape index (κ3) is 5.06. The van der Waals surface area contributed by atoms with Gasteiger partial charge in [0.05, 0.1) is 0 Å². The monoisotopic (exact) mass is 271 g/mol. The van der Waals surface area contributed by atoms with Gasteiger partial charge in [0.15, 0.2) is 0 Å². The molecule has 0 amide bonds. The average molecular weight is 271 g/mol. The lowest BCUT2D eigenvalue weighted by atomic mass is 9.97. The smallest absolute Gasteiger partial charge is 0.323 e. The summed E-state index contributed by atoms with van der Waals surface area (Å²) in [5, 5.41) is 8.84. The molecule has 1 aromatic carbocycles. The fourth-order valence-corrected chi connectivity index (χ4v) is 2.33. The molecule has 0 saturated heterocycles. The van der Waals surface area contributed by atoms with Crippen LogP contribution in [0.1, 0.15) is 26.2 Å². The van der Waals surface area contributed by atoms with Crippen LogP contribution >= 0.6 is 11.8 Å². The Morgan fingerprint density at radius 1 is 1.39 bits per heavy atom. The lowest BCUT2D eigenvalue weighted by Crippen LogP contribution is -2.44. The Morgan fingerprint density at radius 3 is 2.56 bits per heavy atom. The molecule has 0 spiro atoms. The van der Waals surface area contributed by atoms with Crippen LogP contribution in [0, 0.1) is 5.82 Å². The van der Waals surface area contributed by atoms with Crippen LogP contribution in [0.15, 0.2) is 29.2 Å². The Balaban J connectivity index is 2.20. The SMILES string of the molecule is CC(N)(CCCCSc1ccc(F)cc1)C(=O)O. The Morgan fingerprint density at radius 2 is 2.00 bits per heavy atom. The highest BCUT2D eigenvalue weighted by Crippen LogP contribution is 2.20. The van der Waals surface area contributed by atoms with Crippen LogP contribution in [0.3, 0.4) is 0 Å². The van der Waals surface area contributed by atoms with E-state index in [2.05, 4.69) is 0 Å². The van der Waals surface area contributed by atoms with Crippen LogP contribution in [0.4, 0.5) is 4.39 Å². The molecular weight excluding hydrogens is 253 g/mol. The summed E-state index contributed by atoms with van der Waals surface area (Å²) in [6.07, 6.45) is 2.13. The molecule has 0 heterocycles. The fourth-order valence-electron chi connectivity index (χ4n) is 1.42. The second kappa shape index (κ2) is 6.75. The van der Waals surface area contributed by atoms with E-state index in [9.17, 15) is 9.18 Å². The van der Waals surface area contributed by atoms with Crippen molar-refractivity contribution in [1.29, 1.82) is 0 Å². The van der Waals surface area contributed by atoms with E-state index in [1.54, 1.807) is 23.9 Å². The average Bonchev–Trinajstić information content (AvgIpc) is 2.31. The molecule has 1 aromatic rings. The lowest BCUT2D eigenvalue weighted by Gasteiger charge is -2.18. The summed E-state index contributed by atoms with van der Waals surface area (Å²) < 4.78 is 12.7. The molecule has 0 radical (unpaired) electrons. The van der Waals surface area contributed by atoms with Crippen LogP contribution in [-0.4, -0.2) is 22.4 Å². The van der Waals surface area contributed by atoms with Gasteiger partial charge in [0.2, 0.25) is 0 Å². The second-order valence-electron chi connectivity index (χ2n) is 4.48. The molecule has 1 rings (SSSR count). The van der Waals surface area contributed by atoms with E-state index in [4.69, 9.17) is 10.8 Å². The highest BCUT2D eigenvalue weighted by Gasteiger charge is 2.26. The number of hydrogen-bond acceptors (Lipinski definition) is 3. The van der Waals surface area contributed by atoms with Crippen molar-refractivity contribution in [3.63, 3.8) is 0 Å². The molecule has 0 bridgehead atoms. The first kappa shape index (κ1) is 15.0. The Kier molecular flexibility index (Phi) is 5.62. The summed E-state index contributed by atoms with van der Waals surface area (Å²) in [7, 11) is 0. The molecule has 0 aliphatic heterocycles. The quantitative estimate of drug-likeness (QED) is 0.591. The van der Waals surface area contributed by atoms with E-state index < -0.39 is 11.5 Å². The molecule has 0 saturated carbocycles. The van der Waals surface area contributed by atoms with Gasteiger partial charge in [-0.2, -0.15) is 0 Å². The van der Waals surface area contributed by atoms with Crippen molar-refractivity contribution >= 4 is 17.7 Å². The number of carbonyl (C=O) groups is 1. The van der Waals surface area contributed by atoms with Crippen molar-refractivity contribution in [3.05, 3.63) is 30.1 Å². The van der Waals surface area contributed by atoms with Gasteiger partial charge in [-0.1, -0.05) is 6.42 Å². The molecule has 3 nitrogen and oxygen atoms in total. The van der Waals surface area contributed by atoms with Gasteiger partial charge in [-0.15, -0.1) is 11.8 Å². The molecule has 5 heteroatoms. The van der Waals surface area contributed by atoms with E-state index in [-0.39, 0.29) is 5.82 Å². The number of halogens is 1. The third-order valence-corrected chi connectivity index (χ3v) is 3.76. The molecule has 0 fully saturated rings. The summed E-state index contributed by atoms with van der Waals surface area (Å²) in [6, 6.07) is 6.35. The van der Waals surface area contributed by atoms with E-state index >= 15 is 0 Å². The van der Waals surface area contributed by atoms with Crippen LogP contribution in [-0.2, 0) is 4.79 Å². The first-order chi connectivity index (χ1) is 8.42. The maximum atomic E-state index is 12.7. The summed E-state index contributed by atoms with van der Waals surface area (Å²) in [5.41, 5.74) is 4.48. The van der Waals surface area contributed by atoms with Crippen LogP contribution in [0.25, 0.3) is 0 Å². The number of carboxylic acid groups (broad SMARTS) is 1. The third-order valence-electron chi connectivity index (χ3n) is 2.66. The van der Waals surface area contributed by atoms with Gasteiger partial charge in [-0.05, 0) is 49.8 Å². The number of unbranched alkanes of at least 4 members (excludes halogenated alkanes) is 1. The predicted octanol–water partition coefficient (Wildman–Crippen LogP) is 2.89. The number of hydrogen-bond donors (Lipinski definition) is 2. The fraction of sp³-hybridized carbons (Fsp3) is 0.462. The molecule has 1 atom stereocenters. The Labute approximate surface area is 111 Å². The zero-order valence-electron chi connectivity index (χ0n) is 10.4. The first-order valence-electron chi connectivity index (χ1n) is 5.82. The standard InChI is InChI=1S/C13H18FNO2S/c1-13(15,12(16)17)8-2-3-9-18-11-6-4-10(14)5-7-11/h4-7H,2-3,8-9,15H2,1H3,(H,16,17). The zero-order valence-corrected chi connectivity index (χ0v) is 11.2. The maximum absolute atomic E-state index is 12.7. The van der Waals surface area contributed by atoms with Crippen molar-refractivity contribution in [2.45, 2.75) is 36.6 Å². The number of aliphatic carboxylic acids is 1. The van der Waals surface area contributed by atoms with Crippen LogP contribution in [0.5, 0.6) is 0 Å². The van der Waals surface area contributed by atoms with Crippen LogP contribution in [0.2, 0.25) is 0 Å². The molecule has 18 heavy (non-hydrogen) atoms.